The molecular formula is C30H34N2O5. The molecule has 1 aliphatic rings. The second-order valence-corrected chi connectivity index (χ2v) is 10.1. The maximum atomic E-state index is 13.3. The van der Waals surface area contributed by atoms with Crippen molar-refractivity contribution >= 4 is 12.1 Å². The zero-order chi connectivity index (χ0) is 26.6. The van der Waals surface area contributed by atoms with Crippen LogP contribution in [0.25, 0.3) is 11.3 Å². The minimum absolute atomic E-state index is 0.212. The monoisotopic (exact) mass is 502 g/mol. The van der Waals surface area contributed by atoms with E-state index in [1.165, 1.54) is 0 Å². The second kappa shape index (κ2) is 10.7. The molecule has 1 aromatic heterocycles. The molecule has 7 nitrogen and oxygen atoms in total. The highest BCUT2D eigenvalue weighted by Gasteiger charge is 2.46. The van der Waals surface area contributed by atoms with Gasteiger partial charge in [-0.25, -0.2) is 14.6 Å². The Hall–Kier alpha value is -3.71. The summed E-state index contributed by atoms with van der Waals surface area (Å²) in [6.45, 7) is 7.99. The molecule has 1 fully saturated rings. The van der Waals surface area contributed by atoms with Crippen LogP contribution < -0.4 is 0 Å². The minimum Gasteiger partial charge on any atom is -0.461 e. The first-order valence-electron chi connectivity index (χ1n) is 12.6. The third kappa shape index (κ3) is 6.00. The molecule has 1 aliphatic heterocycles. The number of hydrogen-bond donors (Lipinski definition) is 1. The largest absolute Gasteiger partial charge is 0.461 e. The Labute approximate surface area is 218 Å². The first-order valence-corrected chi connectivity index (χ1v) is 12.6. The van der Waals surface area contributed by atoms with Gasteiger partial charge in [0.2, 0.25) is 0 Å². The number of carbonyl (C=O) groups excluding carboxylic acids is 2. The SMILES string of the molecule is CCOC(=O)c1cccc(-c2ccc([C@H](C)N3CCC(CC(C)(C)O)(c4ccccc4)OC3=O)cc2)n1. The summed E-state index contributed by atoms with van der Waals surface area (Å²) in [5, 5.41) is 10.6. The predicted octanol–water partition coefficient (Wildman–Crippen LogP) is 5.89. The minimum atomic E-state index is -1.00. The number of benzene rings is 2. The van der Waals surface area contributed by atoms with E-state index < -0.39 is 23.3 Å². The van der Waals surface area contributed by atoms with E-state index >= 15 is 0 Å². The van der Waals surface area contributed by atoms with E-state index in [2.05, 4.69) is 4.98 Å². The quantitative estimate of drug-likeness (QED) is 0.387. The van der Waals surface area contributed by atoms with E-state index in [1.54, 1.807) is 37.8 Å². The van der Waals surface area contributed by atoms with Gasteiger partial charge in [-0.3, -0.25) is 0 Å². The van der Waals surface area contributed by atoms with Gasteiger partial charge in [0.25, 0.3) is 0 Å². The maximum absolute atomic E-state index is 13.3. The second-order valence-electron chi connectivity index (χ2n) is 10.1. The van der Waals surface area contributed by atoms with E-state index in [1.807, 2.05) is 67.6 Å². The molecule has 0 bridgehead atoms. The number of cyclic esters (lactones) is 1. The Morgan fingerprint density at radius 3 is 2.43 bits per heavy atom. The van der Waals surface area contributed by atoms with Crippen LogP contribution in [0.1, 0.15) is 68.2 Å². The molecule has 1 saturated heterocycles. The van der Waals surface area contributed by atoms with Gasteiger partial charge in [-0.15, -0.1) is 0 Å². The number of aliphatic hydroxyl groups is 1. The Balaban J connectivity index is 1.51. The summed E-state index contributed by atoms with van der Waals surface area (Å²) < 4.78 is 11.2. The van der Waals surface area contributed by atoms with Crippen LogP contribution in [0.15, 0.2) is 72.8 Å². The average Bonchev–Trinajstić information content (AvgIpc) is 2.88. The molecule has 1 unspecified atom stereocenters. The fourth-order valence-electron chi connectivity index (χ4n) is 4.92. The molecule has 4 rings (SSSR count). The molecule has 0 radical (unpaired) electrons. The zero-order valence-corrected chi connectivity index (χ0v) is 21.8. The van der Waals surface area contributed by atoms with Crippen molar-refractivity contribution in [3.8, 4) is 11.3 Å². The van der Waals surface area contributed by atoms with Gasteiger partial charge in [-0.2, -0.15) is 0 Å². The lowest BCUT2D eigenvalue weighted by Gasteiger charge is -2.45. The van der Waals surface area contributed by atoms with Crippen LogP contribution in [0.4, 0.5) is 4.79 Å². The van der Waals surface area contributed by atoms with Crippen LogP contribution in [0.2, 0.25) is 0 Å². The first kappa shape index (κ1) is 26.4. The predicted molar refractivity (Wildman–Crippen MR) is 141 cm³/mol. The van der Waals surface area contributed by atoms with Crippen molar-refractivity contribution in [2.24, 2.45) is 0 Å². The van der Waals surface area contributed by atoms with Crippen LogP contribution in [-0.2, 0) is 15.1 Å². The fourth-order valence-corrected chi connectivity index (χ4v) is 4.92. The van der Waals surface area contributed by atoms with Gasteiger partial charge in [-0.05, 0) is 51.0 Å². The number of pyridine rings is 1. The molecule has 1 amide bonds. The van der Waals surface area contributed by atoms with Crippen LogP contribution in [0, 0.1) is 0 Å². The summed E-state index contributed by atoms with van der Waals surface area (Å²) >= 11 is 0. The van der Waals surface area contributed by atoms with Crippen molar-refractivity contribution in [1.82, 2.24) is 9.88 Å². The lowest BCUT2D eigenvalue weighted by atomic mass is 9.80. The highest BCUT2D eigenvalue weighted by Crippen LogP contribution is 2.42. The van der Waals surface area contributed by atoms with Crippen molar-refractivity contribution in [2.75, 3.05) is 13.2 Å². The molecule has 0 aliphatic carbocycles. The summed E-state index contributed by atoms with van der Waals surface area (Å²) in [5.41, 5.74) is 1.75. The van der Waals surface area contributed by atoms with Gasteiger partial charge in [0.15, 0.2) is 0 Å². The molecule has 0 spiro atoms. The summed E-state index contributed by atoms with van der Waals surface area (Å²) in [7, 11) is 0. The highest BCUT2D eigenvalue weighted by atomic mass is 16.6. The van der Waals surface area contributed by atoms with Gasteiger partial charge in [-0.1, -0.05) is 60.7 Å². The van der Waals surface area contributed by atoms with E-state index in [4.69, 9.17) is 9.47 Å². The van der Waals surface area contributed by atoms with Crippen LogP contribution in [0.5, 0.6) is 0 Å². The van der Waals surface area contributed by atoms with E-state index in [-0.39, 0.29) is 11.7 Å². The smallest absolute Gasteiger partial charge is 0.411 e. The maximum Gasteiger partial charge on any atom is 0.411 e. The number of hydrogen-bond acceptors (Lipinski definition) is 6. The number of amides is 1. The molecule has 37 heavy (non-hydrogen) atoms. The zero-order valence-electron chi connectivity index (χ0n) is 21.8. The third-order valence-electron chi connectivity index (χ3n) is 6.68. The normalized spacial score (nSPS) is 18.7. The lowest BCUT2D eigenvalue weighted by molar-refractivity contribution is -0.101. The Morgan fingerprint density at radius 2 is 1.81 bits per heavy atom. The van der Waals surface area contributed by atoms with Gasteiger partial charge in [0.05, 0.1) is 23.9 Å². The van der Waals surface area contributed by atoms with Crippen LogP contribution >= 0.6 is 0 Å². The van der Waals surface area contributed by atoms with Gasteiger partial charge in [0, 0.05) is 24.9 Å². The molecule has 194 valence electrons. The van der Waals surface area contributed by atoms with Crippen LogP contribution in [-0.4, -0.2) is 45.8 Å². The van der Waals surface area contributed by atoms with E-state index in [9.17, 15) is 14.7 Å². The first-order chi connectivity index (χ1) is 17.6. The Morgan fingerprint density at radius 1 is 1.11 bits per heavy atom. The van der Waals surface area contributed by atoms with Crippen molar-refractivity contribution in [1.29, 1.82) is 0 Å². The number of aromatic nitrogens is 1. The van der Waals surface area contributed by atoms with Crippen LogP contribution in [0.3, 0.4) is 0 Å². The Kier molecular flexibility index (Phi) is 7.64. The van der Waals surface area contributed by atoms with Crippen molar-refractivity contribution in [3.63, 3.8) is 0 Å². The highest BCUT2D eigenvalue weighted by molar-refractivity contribution is 5.88. The fraction of sp³-hybridized carbons (Fsp3) is 0.367. The molecular weight excluding hydrogens is 468 g/mol. The van der Waals surface area contributed by atoms with Crippen molar-refractivity contribution in [2.45, 2.75) is 57.8 Å². The summed E-state index contributed by atoms with van der Waals surface area (Å²) in [5.74, 6) is -0.450. The lowest BCUT2D eigenvalue weighted by Crippen LogP contribution is -2.51. The average molecular weight is 503 g/mol. The molecule has 1 N–H and O–H groups in total. The van der Waals surface area contributed by atoms with E-state index in [0.29, 0.717) is 31.7 Å². The third-order valence-corrected chi connectivity index (χ3v) is 6.68. The van der Waals surface area contributed by atoms with Gasteiger partial charge in [0.1, 0.15) is 11.3 Å². The van der Waals surface area contributed by atoms with Gasteiger partial charge >= 0.3 is 12.1 Å². The standard InChI is InChI=1S/C30H34N2O5/c1-5-36-27(33)26-13-9-12-25(31-26)23-16-14-22(15-17-23)21(2)32-19-18-30(37-28(32)34,20-29(3,4)35)24-10-7-6-8-11-24/h6-17,21,35H,5,18-20H2,1-4H3/t21-,30?/m0/s1. The Bertz CT molecular complexity index is 1240. The molecule has 2 aromatic carbocycles. The molecule has 2 atom stereocenters. The molecule has 3 aromatic rings. The number of ether oxygens (including phenoxy) is 2. The topological polar surface area (TPSA) is 89.0 Å². The molecule has 0 saturated carbocycles. The van der Waals surface area contributed by atoms with Crippen molar-refractivity contribution in [3.05, 3.63) is 89.6 Å². The number of nitrogens with zero attached hydrogens (tertiary/aromatic N) is 2. The summed E-state index contributed by atoms with van der Waals surface area (Å²) in [4.78, 5) is 31.5. The summed E-state index contributed by atoms with van der Waals surface area (Å²) in [6, 6.07) is 22.5. The number of esters is 1. The number of rotatable bonds is 8. The van der Waals surface area contributed by atoms with Gasteiger partial charge < -0.3 is 19.5 Å². The molecule has 7 heteroatoms. The molecule has 2 heterocycles. The number of carbonyl (C=O) groups is 2. The van der Waals surface area contributed by atoms with E-state index in [0.717, 1.165) is 16.7 Å². The summed E-state index contributed by atoms with van der Waals surface area (Å²) in [6.07, 6.45) is 0.476. The van der Waals surface area contributed by atoms with Crippen molar-refractivity contribution < 1.29 is 24.2 Å².